The van der Waals surface area contributed by atoms with Crippen LogP contribution in [0.4, 0.5) is 0 Å². The van der Waals surface area contributed by atoms with Crippen molar-refractivity contribution in [2.75, 3.05) is 20.0 Å². The van der Waals surface area contributed by atoms with Gasteiger partial charge in [0, 0.05) is 17.7 Å². The molecule has 0 bridgehead atoms. The maximum absolute atomic E-state index is 12.6. The molecule has 6 nitrogen and oxygen atoms in total. The molecular formula is C21H20BrN3O3S. The fourth-order valence-electron chi connectivity index (χ4n) is 2.70. The minimum absolute atomic E-state index is 0.00231. The number of methoxy groups -OCH3 is 2. The average molecular weight is 474 g/mol. The number of rotatable bonds is 9. The van der Waals surface area contributed by atoms with Crippen LogP contribution >= 0.6 is 27.7 Å². The molecule has 0 N–H and O–H groups in total. The van der Waals surface area contributed by atoms with Gasteiger partial charge >= 0.3 is 0 Å². The lowest BCUT2D eigenvalue weighted by atomic mass is 10.1. The van der Waals surface area contributed by atoms with Crippen molar-refractivity contribution in [3.63, 3.8) is 0 Å². The molecule has 8 heteroatoms. The van der Waals surface area contributed by atoms with Crippen LogP contribution in [0.5, 0.6) is 11.5 Å². The molecule has 0 saturated heterocycles. The second-order valence-electron chi connectivity index (χ2n) is 6.00. The second kappa shape index (κ2) is 9.76. The van der Waals surface area contributed by atoms with Crippen LogP contribution in [-0.2, 0) is 6.54 Å². The van der Waals surface area contributed by atoms with E-state index >= 15 is 0 Å². The molecule has 2 aromatic carbocycles. The zero-order valence-corrected chi connectivity index (χ0v) is 18.5. The van der Waals surface area contributed by atoms with E-state index in [2.05, 4.69) is 32.7 Å². The molecule has 0 aliphatic carbocycles. The SMILES string of the molecule is C=CCn1c(SCC(=O)c2ccc(OC)c(Br)c2)nnc1-c1ccc(OC)cc1. The van der Waals surface area contributed by atoms with E-state index in [1.807, 2.05) is 28.8 Å². The van der Waals surface area contributed by atoms with Gasteiger partial charge in [-0.1, -0.05) is 17.8 Å². The Kier molecular flexibility index (Phi) is 7.11. The molecule has 0 fully saturated rings. The molecule has 150 valence electrons. The number of hydrogen-bond acceptors (Lipinski definition) is 6. The molecule has 0 aliphatic heterocycles. The van der Waals surface area contributed by atoms with E-state index in [0.717, 1.165) is 21.6 Å². The van der Waals surface area contributed by atoms with Gasteiger partial charge in [-0.05, 0) is 58.4 Å². The van der Waals surface area contributed by atoms with E-state index in [1.165, 1.54) is 11.8 Å². The first kappa shape index (κ1) is 21.1. The lowest BCUT2D eigenvalue weighted by Gasteiger charge is -2.09. The zero-order valence-electron chi connectivity index (χ0n) is 16.1. The first-order valence-electron chi connectivity index (χ1n) is 8.75. The van der Waals surface area contributed by atoms with Gasteiger partial charge in [0.05, 0.1) is 24.4 Å². The summed E-state index contributed by atoms with van der Waals surface area (Å²) < 4.78 is 13.1. The van der Waals surface area contributed by atoms with Gasteiger partial charge < -0.3 is 9.47 Å². The molecule has 0 saturated carbocycles. The summed E-state index contributed by atoms with van der Waals surface area (Å²) in [5.41, 5.74) is 1.52. The monoisotopic (exact) mass is 473 g/mol. The van der Waals surface area contributed by atoms with Gasteiger partial charge in [-0.25, -0.2) is 0 Å². The number of allylic oxidation sites excluding steroid dienone is 1. The van der Waals surface area contributed by atoms with Gasteiger partial charge in [0.2, 0.25) is 0 Å². The van der Waals surface area contributed by atoms with Crippen molar-refractivity contribution >= 4 is 33.5 Å². The number of carbonyl (C=O) groups excluding carboxylic acids is 1. The predicted molar refractivity (Wildman–Crippen MR) is 118 cm³/mol. The average Bonchev–Trinajstić information content (AvgIpc) is 3.14. The van der Waals surface area contributed by atoms with E-state index < -0.39 is 0 Å². The Hall–Kier alpha value is -2.58. The van der Waals surface area contributed by atoms with Crippen LogP contribution in [-0.4, -0.2) is 40.5 Å². The number of thioether (sulfide) groups is 1. The third-order valence-corrected chi connectivity index (χ3v) is 5.77. The number of aromatic nitrogens is 3. The number of hydrogen-bond donors (Lipinski definition) is 0. The number of Topliss-reactive ketones (excluding diaryl/α,β-unsaturated/α-hetero) is 1. The third-order valence-electron chi connectivity index (χ3n) is 4.18. The predicted octanol–water partition coefficient (Wildman–Crippen LogP) is 4.89. The summed E-state index contributed by atoms with van der Waals surface area (Å²) in [6, 6.07) is 12.9. The summed E-state index contributed by atoms with van der Waals surface area (Å²) in [5.74, 6) is 2.42. The van der Waals surface area contributed by atoms with Crippen molar-refractivity contribution in [1.82, 2.24) is 14.8 Å². The van der Waals surface area contributed by atoms with Gasteiger partial charge in [-0.2, -0.15) is 0 Å². The summed E-state index contributed by atoms with van der Waals surface area (Å²) in [4.78, 5) is 12.6. The van der Waals surface area contributed by atoms with E-state index in [-0.39, 0.29) is 11.5 Å². The van der Waals surface area contributed by atoms with Crippen molar-refractivity contribution < 1.29 is 14.3 Å². The highest BCUT2D eigenvalue weighted by molar-refractivity contribution is 9.10. The molecule has 29 heavy (non-hydrogen) atoms. The Labute approximate surface area is 182 Å². The van der Waals surface area contributed by atoms with Crippen molar-refractivity contribution in [3.05, 3.63) is 65.2 Å². The first-order valence-corrected chi connectivity index (χ1v) is 10.5. The van der Waals surface area contributed by atoms with Gasteiger partial charge in [0.1, 0.15) is 11.5 Å². The van der Waals surface area contributed by atoms with Crippen molar-refractivity contribution in [2.45, 2.75) is 11.7 Å². The van der Waals surface area contributed by atoms with Crippen LogP contribution in [0, 0.1) is 0 Å². The molecule has 1 aromatic heterocycles. The quantitative estimate of drug-likeness (QED) is 0.250. The number of benzene rings is 2. The number of ketones is 1. The number of nitrogens with zero attached hydrogens (tertiary/aromatic N) is 3. The van der Waals surface area contributed by atoms with Crippen molar-refractivity contribution in [3.8, 4) is 22.9 Å². The van der Waals surface area contributed by atoms with Crippen molar-refractivity contribution in [1.29, 1.82) is 0 Å². The number of halogens is 1. The molecule has 0 radical (unpaired) electrons. The topological polar surface area (TPSA) is 66.2 Å². The van der Waals surface area contributed by atoms with E-state index in [0.29, 0.717) is 23.0 Å². The summed E-state index contributed by atoms with van der Waals surface area (Å²) in [5, 5.41) is 9.26. The maximum atomic E-state index is 12.6. The molecule has 0 atom stereocenters. The summed E-state index contributed by atoms with van der Waals surface area (Å²) in [6.07, 6.45) is 1.78. The van der Waals surface area contributed by atoms with Crippen molar-refractivity contribution in [2.24, 2.45) is 0 Å². The summed E-state index contributed by atoms with van der Waals surface area (Å²) in [6.45, 7) is 4.36. The Bertz CT molecular complexity index is 1020. The Balaban J connectivity index is 1.78. The highest BCUT2D eigenvalue weighted by Gasteiger charge is 2.16. The lowest BCUT2D eigenvalue weighted by Crippen LogP contribution is -2.05. The first-order chi connectivity index (χ1) is 14.1. The third kappa shape index (κ3) is 4.89. The number of carbonyl (C=O) groups is 1. The number of ether oxygens (including phenoxy) is 2. The van der Waals surface area contributed by atoms with E-state index in [4.69, 9.17) is 9.47 Å². The molecule has 0 amide bonds. The highest BCUT2D eigenvalue weighted by atomic mass is 79.9. The van der Waals surface area contributed by atoms with Gasteiger partial charge in [0.15, 0.2) is 16.8 Å². The largest absolute Gasteiger partial charge is 0.497 e. The fourth-order valence-corrected chi connectivity index (χ4v) is 4.08. The van der Waals surface area contributed by atoms with Gasteiger partial charge in [-0.3, -0.25) is 9.36 Å². The van der Waals surface area contributed by atoms with E-state index in [1.54, 1.807) is 38.5 Å². The van der Waals surface area contributed by atoms with Crippen LogP contribution in [0.15, 0.2) is 64.7 Å². The van der Waals surface area contributed by atoms with Crippen LogP contribution in [0.2, 0.25) is 0 Å². The van der Waals surface area contributed by atoms with Gasteiger partial charge in [0.25, 0.3) is 0 Å². The minimum Gasteiger partial charge on any atom is -0.497 e. The molecule has 3 rings (SSSR count). The van der Waals surface area contributed by atoms with Crippen LogP contribution in [0.3, 0.4) is 0 Å². The second-order valence-corrected chi connectivity index (χ2v) is 7.79. The molecule has 0 unspecified atom stereocenters. The smallest absolute Gasteiger partial charge is 0.192 e. The van der Waals surface area contributed by atoms with Crippen LogP contribution in [0.25, 0.3) is 11.4 Å². The van der Waals surface area contributed by atoms with Gasteiger partial charge in [-0.15, -0.1) is 16.8 Å². The molecule has 0 spiro atoms. The molecule has 3 aromatic rings. The minimum atomic E-state index is -0.00231. The van der Waals surface area contributed by atoms with Crippen LogP contribution in [0.1, 0.15) is 10.4 Å². The maximum Gasteiger partial charge on any atom is 0.192 e. The Morgan fingerprint density at radius 3 is 2.55 bits per heavy atom. The summed E-state index contributed by atoms with van der Waals surface area (Å²) in [7, 11) is 3.21. The Morgan fingerprint density at radius 2 is 1.93 bits per heavy atom. The summed E-state index contributed by atoms with van der Waals surface area (Å²) >= 11 is 4.76. The normalized spacial score (nSPS) is 10.6. The lowest BCUT2D eigenvalue weighted by molar-refractivity contribution is 0.102. The fraction of sp³-hybridized carbons (Fsp3) is 0.190. The van der Waals surface area contributed by atoms with Crippen LogP contribution < -0.4 is 9.47 Å². The zero-order chi connectivity index (χ0) is 20.8. The Morgan fingerprint density at radius 1 is 1.17 bits per heavy atom. The molecule has 1 heterocycles. The molecule has 0 aliphatic rings. The molecular weight excluding hydrogens is 454 g/mol. The highest BCUT2D eigenvalue weighted by Crippen LogP contribution is 2.28. The van der Waals surface area contributed by atoms with E-state index in [9.17, 15) is 4.79 Å². The standard InChI is InChI=1S/C21H20BrN3O3S/c1-4-11-25-20(14-5-8-16(27-2)9-6-14)23-24-21(25)29-13-18(26)15-7-10-19(28-3)17(22)12-15/h4-10,12H,1,11,13H2,2-3H3.